The molecule has 2 aromatic carbocycles. The van der Waals surface area contributed by atoms with E-state index in [-0.39, 0.29) is 23.7 Å². The van der Waals surface area contributed by atoms with Gasteiger partial charge in [-0.2, -0.15) is 0 Å². The standard InChI is InChI=1S/C22H28O3S/c1-3-26-22-21(24-16-19-12-8-5-9-13-19)14-20(17(2)25-22)23-15-18-10-6-4-7-11-18/h4-13,17,20-22H,3,14-16H2,1-2H3/t17-,20-,21-,22+/m0/s1. The summed E-state index contributed by atoms with van der Waals surface area (Å²) in [4.78, 5) is 0. The van der Waals surface area contributed by atoms with Gasteiger partial charge in [-0.05, 0) is 23.8 Å². The summed E-state index contributed by atoms with van der Waals surface area (Å²) in [6, 6.07) is 20.6. The molecule has 0 aromatic heterocycles. The van der Waals surface area contributed by atoms with Crippen LogP contribution < -0.4 is 0 Å². The number of rotatable bonds is 8. The number of benzene rings is 2. The maximum Gasteiger partial charge on any atom is 0.129 e. The van der Waals surface area contributed by atoms with E-state index in [0.29, 0.717) is 13.2 Å². The topological polar surface area (TPSA) is 27.7 Å². The lowest BCUT2D eigenvalue weighted by Gasteiger charge is -2.39. The van der Waals surface area contributed by atoms with Gasteiger partial charge in [-0.1, -0.05) is 67.6 Å². The van der Waals surface area contributed by atoms with Crippen molar-refractivity contribution in [1.82, 2.24) is 0 Å². The van der Waals surface area contributed by atoms with Crippen LogP contribution in [0.2, 0.25) is 0 Å². The predicted octanol–water partition coefficient (Wildman–Crippen LogP) is 5.05. The summed E-state index contributed by atoms with van der Waals surface area (Å²) in [6.07, 6.45) is 1.01. The molecule has 1 saturated heterocycles. The lowest BCUT2D eigenvalue weighted by atomic mass is 10.0. The van der Waals surface area contributed by atoms with E-state index >= 15 is 0 Å². The summed E-state index contributed by atoms with van der Waals surface area (Å²) in [5, 5.41) is 0. The molecule has 0 radical (unpaired) electrons. The highest BCUT2D eigenvalue weighted by atomic mass is 32.2. The Morgan fingerprint density at radius 1 is 0.885 bits per heavy atom. The van der Waals surface area contributed by atoms with Gasteiger partial charge in [-0.25, -0.2) is 0 Å². The van der Waals surface area contributed by atoms with Crippen molar-refractivity contribution >= 4 is 11.8 Å². The van der Waals surface area contributed by atoms with Gasteiger partial charge < -0.3 is 14.2 Å². The molecule has 0 aliphatic carbocycles. The van der Waals surface area contributed by atoms with Crippen LogP contribution in [0.25, 0.3) is 0 Å². The Labute approximate surface area is 161 Å². The molecule has 0 saturated carbocycles. The van der Waals surface area contributed by atoms with Gasteiger partial charge in [0.25, 0.3) is 0 Å². The fourth-order valence-corrected chi connectivity index (χ4v) is 4.12. The lowest BCUT2D eigenvalue weighted by molar-refractivity contribution is -0.171. The molecule has 4 atom stereocenters. The van der Waals surface area contributed by atoms with Crippen molar-refractivity contribution in [1.29, 1.82) is 0 Å². The van der Waals surface area contributed by atoms with Crippen LogP contribution in [-0.4, -0.2) is 29.5 Å². The summed E-state index contributed by atoms with van der Waals surface area (Å²) >= 11 is 1.81. The van der Waals surface area contributed by atoms with Crippen molar-refractivity contribution < 1.29 is 14.2 Å². The zero-order valence-electron chi connectivity index (χ0n) is 15.5. The summed E-state index contributed by atoms with van der Waals surface area (Å²) in [6.45, 7) is 5.48. The average Bonchev–Trinajstić information content (AvgIpc) is 2.68. The quantitative estimate of drug-likeness (QED) is 0.648. The van der Waals surface area contributed by atoms with Crippen molar-refractivity contribution in [3.63, 3.8) is 0 Å². The van der Waals surface area contributed by atoms with Crippen molar-refractivity contribution in [2.75, 3.05) is 5.75 Å². The van der Waals surface area contributed by atoms with Gasteiger partial charge in [-0.3, -0.25) is 0 Å². The van der Waals surface area contributed by atoms with Crippen LogP contribution in [-0.2, 0) is 27.4 Å². The van der Waals surface area contributed by atoms with Gasteiger partial charge in [0.05, 0.1) is 31.5 Å². The predicted molar refractivity (Wildman–Crippen MR) is 107 cm³/mol. The van der Waals surface area contributed by atoms with Crippen molar-refractivity contribution in [2.24, 2.45) is 0 Å². The first-order valence-electron chi connectivity index (χ1n) is 9.34. The van der Waals surface area contributed by atoms with E-state index in [1.807, 2.05) is 48.2 Å². The molecule has 1 heterocycles. The van der Waals surface area contributed by atoms with Crippen LogP contribution in [0.1, 0.15) is 31.4 Å². The molecule has 0 bridgehead atoms. The lowest BCUT2D eigenvalue weighted by Crippen LogP contribution is -2.46. The first kappa shape index (κ1) is 19.4. The maximum atomic E-state index is 6.24. The van der Waals surface area contributed by atoms with Gasteiger partial charge in [0.2, 0.25) is 0 Å². The molecule has 0 unspecified atom stereocenters. The molecule has 1 fully saturated rings. The SMILES string of the molecule is CCS[C@H]1O[C@@H](C)[C@@H](OCc2ccccc2)C[C@@H]1OCc1ccccc1. The van der Waals surface area contributed by atoms with Crippen LogP contribution in [0, 0.1) is 0 Å². The fraction of sp³-hybridized carbons (Fsp3) is 0.455. The Morgan fingerprint density at radius 2 is 1.42 bits per heavy atom. The van der Waals surface area contributed by atoms with Crippen LogP contribution in [0.5, 0.6) is 0 Å². The normalized spacial score (nSPS) is 25.9. The molecular formula is C22H28O3S. The highest BCUT2D eigenvalue weighted by Gasteiger charge is 2.37. The van der Waals surface area contributed by atoms with Crippen LogP contribution >= 0.6 is 11.8 Å². The van der Waals surface area contributed by atoms with Gasteiger partial charge >= 0.3 is 0 Å². The van der Waals surface area contributed by atoms with Crippen molar-refractivity contribution in [3.05, 3.63) is 71.8 Å². The molecule has 26 heavy (non-hydrogen) atoms. The zero-order valence-corrected chi connectivity index (χ0v) is 16.4. The molecule has 4 heteroatoms. The van der Waals surface area contributed by atoms with E-state index in [1.165, 1.54) is 11.1 Å². The molecule has 0 spiro atoms. The number of hydrogen-bond donors (Lipinski definition) is 0. The van der Waals surface area contributed by atoms with Crippen molar-refractivity contribution in [3.8, 4) is 0 Å². The minimum Gasteiger partial charge on any atom is -0.371 e. The Bertz CT molecular complexity index is 634. The van der Waals surface area contributed by atoms with E-state index in [9.17, 15) is 0 Å². The third-order valence-corrected chi connectivity index (χ3v) is 5.66. The highest BCUT2D eigenvalue weighted by Crippen LogP contribution is 2.32. The molecule has 0 amide bonds. The molecule has 3 rings (SSSR count). The number of thioether (sulfide) groups is 1. The highest BCUT2D eigenvalue weighted by molar-refractivity contribution is 7.99. The minimum atomic E-state index is 0.0390. The number of ether oxygens (including phenoxy) is 3. The summed E-state index contributed by atoms with van der Waals surface area (Å²) in [7, 11) is 0. The maximum absolute atomic E-state index is 6.24. The third kappa shape index (κ3) is 5.58. The molecule has 1 aliphatic heterocycles. The van der Waals surface area contributed by atoms with Crippen LogP contribution in [0.3, 0.4) is 0 Å². The largest absolute Gasteiger partial charge is 0.371 e. The van der Waals surface area contributed by atoms with Crippen LogP contribution in [0.15, 0.2) is 60.7 Å². The summed E-state index contributed by atoms with van der Waals surface area (Å²) in [5.74, 6) is 1.01. The Kier molecular flexibility index (Phi) is 7.56. The molecule has 1 aliphatic rings. The second kappa shape index (κ2) is 10.1. The monoisotopic (exact) mass is 372 g/mol. The smallest absolute Gasteiger partial charge is 0.129 e. The first-order valence-corrected chi connectivity index (χ1v) is 10.4. The minimum absolute atomic E-state index is 0.0390. The number of hydrogen-bond acceptors (Lipinski definition) is 4. The zero-order chi connectivity index (χ0) is 18.2. The van der Waals surface area contributed by atoms with Crippen molar-refractivity contribution in [2.45, 2.75) is 57.2 Å². The fourth-order valence-electron chi connectivity index (χ4n) is 3.13. The van der Waals surface area contributed by atoms with Gasteiger partial charge in [0.15, 0.2) is 0 Å². The van der Waals surface area contributed by atoms with Crippen LogP contribution in [0.4, 0.5) is 0 Å². The van der Waals surface area contributed by atoms with E-state index in [2.05, 4.69) is 38.1 Å². The third-order valence-electron chi connectivity index (χ3n) is 4.59. The summed E-state index contributed by atoms with van der Waals surface area (Å²) < 4.78 is 18.7. The average molecular weight is 373 g/mol. The Morgan fingerprint density at radius 3 is 1.96 bits per heavy atom. The van der Waals surface area contributed by atoms with Gasteiger partial charge in [0, 0.05) is 6.42 Å². The van der Waals surface area contributed by atoms with Gasteiger partial charge in [0.1, 0.15) is 5.44 Å². The van der Waals surface area contributed by atoms with E-state index in [1.54, 1.807) is 0 Å². The molecular weight excluding hydrogens is 344 g/mol. The van der Waals surface area contributed by atoms with E-state index < -0.39 is 0 Å². The second-order valence-corrected chi connectivity index (χ2v) is 7.95. The van der Waals surface area contributed by atoms with E-state index in [4.69, 9.17) is 14.2 Å². The first-order chi connectivity index (χ1) is 12.8. The van der Waals surface area contributed by atoms with Gasteiger partial charge in [-0.15, -0.1) is 11.8 Å². The molecule has 3 nitrogen and oxygen atoms in total. The molecule has 0 N–H and O–H groups in total. The Hall–Kier alpha value is -1.33. The molecule has 2 aromatic rings. The Balaban J connectivity index is 1.58. The summed E-state index contributed by atoms with van der Waals surface area (Å²) in [5.41, 5.74) is 2.44. The molecule has 140 valence electrons. The second-order valence-electron chi connectivity index (χ2n) is 6.57. The van der Waals surface area contributed by atoms with E-state index in [0.717, 1.165) is 12.2 Å².